The number of nitrogens with zero attached hydrogens (tertiary/aromatic N) is 3. The number of halogens is 1. The number of nitrogens with one attached hydrogen (secondary N) is 1. The van der Waals surface area contributed by atoms with Gasteiger partial charge in [-0.1, -0.05) is 0 Å². The summed E-state index contributed by atoms with van der Waals surface area (Å²) >= 11 is 5.66. The molecule has 0 bridgehead atoms. The number of anilines is 1. The van der Waals surface area contributed by atoms with E-state index in [1.54, 1.807) is 24.2 Å². The summed E-state index contributed by atoms with van der Waals surface area (Å²) in [5.74, 6) is 0.575. The van der Waals surface area contributed by atoms with E-state index in [-0.39, 0.29) is 23.8 Å². The third-order valence-corrected chi connectivity index (χ3v) is 2.02. The van der Waals surface area contributed by atoms with E-state index in [4.69, 9.17) is 11.6 Å². The van der Waals surface area contributed by atoms with Gasteiger partial charge in [0, 0.05) is 19.3 Å². The van der Waals surface area contributed by atoms with Gasteiger partial charge in [0.2, 0.25) is 11.2 Å². The summed E-state index contributed by atoms with van der Waals surface area (Å²) in [7, 11) is 1.78. The second kappa shape index (κ2) is 5.65. The average molecular weight is 243 g/mol. The Hall–Kier alpha value is -1.36. The fourth-order valence-electron chi connectivity index (χ4n) is 1.20. The molecule has 1 rings (SSSR count). The molecule has 16 heavy (non-hydrogen) atoms. The van der Waals surface area contributed by atoms with Gasteiger partial charge in [0.05, 0.1) is 6.54 Å². The molecule has 0 atom stereocenters. The summed E-state index contributed by atoms with van der Waals surface area (Å²) in [5.41, 5.74) is 0. The summed E-state index contributed by atoms with van der Waals surface area (Å²) in [6, 6.07) is 1.84. The third kappa shape index (κ3) is 4.02. The maximum Gasteiger partial charge on any atom is 0.239 e. The van der Waals surface area contributed by atoms with Crippen LogP contribution in [0.1, 0.15) is 13.8 Å². The molecule has 0 spiro atoms. The lowest BCUT2D eigenvalue weighted by Gasteiger charge is -2.18. The standard InChI is InChI=1S/C10H15ClN4O/c1-7(2)13-9(16)6-15(3)8-4-5-12-10(11)14-8/h4-5,7H,6H2,1-3H3,(H,13,16). The summed E-state index contributed by atoms with van der Waals surface area (Å²) in [6.45, 7) is 4.07. The van der Waals surface area contributed by atoms with Gasteiger partial charge in [-0.25, -0.2) is 9.97 Å². The highest BCUT2D eigenvalue weighted by atomic mass is 35.5. The molecule has 5 nitrogen and oxygen atoms in total. The molecule has 1 aromatic heterocycles. The van der Waals surface area contributed by atoms with Crippen LogP contribution in [0.2, 0.25) is 5.28 Å². The van der Waals surface area contributed by atoms with Crippen molar-refractivity contribution in [2.24, 2.45) is 0 Å². The van der Waals surface area contributed by atoms with Crippen LogP contribution >= 0.6 is 11.6 Å². The molecular formula is C10H15ClN4O. The highest BCUT2D eigenvalue weighted by molar-refractivity contribution is 6.28. The van der Waals surface area contributed by atoms with Crippen molar-refractivity contribution in [1.29, 1.82) is 0 Å². The van der Waals surface area contributed by atoms with E-state index in [1.165, 1.54) is 0 Å². The van der Waals surface area contributed by atoms with E-state index < -0.39 is 0 Å². The minimum absolute atomic E-state index is 0.0489. The molecule has 0 unspecified atom stereocenters. The van der Waals surface area contributed by atoms with E-state index in [0.29, 0.717) is 5.82 Å². The molecule has 1 aromatic rings. The zero-order valence-corrected chi connectivity index (χ0v) is 10.3. The first-order chi connectivity index (χ1) is 7.49. The van der Waals surface area contributed by atoms with E-state index >= 15 is 0 Å². The maximum atomic E-state index is 11.5. The molecule has 0 saturated heterocycles. The Morgan fingerprint density at radius 3 is 2.88 bits per heavy atom. The molecule has 6 heteroatoms. The highest BCUT2D eigenvalue weighted by Crippen LogP contribution is 2.09. The van der Waals surface area contributed by atoms with Crippen LogP contribution in [0.15, 0.2) is 12.3 Å². The first-order valence-electron chi connectivity index (χ1n) is 4.98. The Morgan fingerprint density at radius 1 is 1.62 bits per heavy atom. The van der Waals surface area contributed by atoms with Crippen molar-refractivity contribution in [2.45, 2.75) is 19.9 Å². The lowest BCUT2D eigenvalue weighted by molar-refractivity contribution is -0.120. The minimum atomic E-state index is -0.0489. The normalized spacial score (nSPS) is 10.3. The van der Waals surface area contributed by atoms with Crippen molar-refractivity contribution in [1.82, 2.24) is 15.3 Å². The number of hydrogen-bond acceptors (Lipinski definition) is 4. The van der Waals surface area contributed by atoms with Crippen molar-refractivity contribution in [3.63, 3.8) is 0 Å². The SMILES string of the molecule is CC(C)NC(=O)CN(C)c1ccnc(Cl)n1. The Labute approximate surface area is 99.8 Å². The lowest BCUT2D eigenvalue weighted by atomic mass is 10.4. The Balaban J connectivity index is 2.58. The van der Waals surface area contributed by atoms with Crippen LogP contribution in [0.5, 0.6) is 0 Å². The Bertz CT molecular complexity index is 370. The molecule has 0 fully saturated rings. The van der Waals surface area contributed by atoms with E-state index in [0.717, 1.165) is 0 Å². The van der Waals surface area contributed by atoms with Crippen molar-refractivity contribution in [2.75, 3.05) is 18.5 Å². The van der Waals surface area contributed by atoms with Gasteiger partial charge >= 0.3 is 0 Å². The van der Waals surface area contributed by atoms with E-state index in [1.807, 2.05) is 13.8 Å². The number of aromatic nitrogens is 2. The first kappa shape index (κ1) is 12.7. The summed E-state index contributed by atoms with van der Waals surface area (Å²) in [6.07, 6.45) is 1.56. The molecule has 0 aliphatic heterocycles. The van der Waals surface area contributed by atoms with Gasteiger partial charge in [0.15, 0.2) is 0 Å². The zero-order valence-electron chi connectivity index (χ0n) is 9.57. The molecule has 0 aromatic carbocycles. The number of likely N-dealkylation sites (N-methyl/N-ethyl adjacent to an activating group) is 1. The van der Waals surface area contributed by atoms with Crippen molar-refractivity contribution >= 4 is 23.3 Å². The Morgan fingerprint density at radius 2 is 2.31 bits per heavy atom. The molecule has 1 heterocycles. The number of carbonyl (C=O) groups is 1. The molecule has 1 N–H and O–H groups in total. The quantitative estimate of drug-likeness (QED) is 0.803. The van der Waals surface area contributed by atoms with Gasteiger partial charge < -0.3 is 10.2 Å². The van der Waals surface area contributed by atoms with Gasteiger partial charge in [-0.15, -0.1) is 0 Å². The molecule has 0 radical (unpaired) electrons. The second-order valence-corrected chi connectivity index (χ2v) is 4.10. The number of rotatable bonds is 4. The molecule has 0 aliphatic carbocycles. The molecular weight excluding hydrogens is 228 g/mol. The summed E-state index contributed by atoms with van der Waals surface area (Å²) in [4.78, 5) is 21.0. The van der Waals surface area contributed by atoms with Crippen LogP contribution in [-0.2, 0) is 4.79 Å². The Kier molecular flexibility index (Phi) is 4.49. The third-order valence-electron chi connectivity index (χ3n) is 1.83. The highest BCUT2D eigenvalue weighted by Gasteiger charge is 2.09. The minimum Gasteiger partial charge on any atom is -0.352 e. The number of hydrogen-bond donors (Lipinski definition) is 1. The molecule has 88 valence electrons. The topological polar surface area (TPSA) is 58.1 Å². The fraction of sp³-hybridized carbons (Fsp3) is 0.500. The predicted octanol–water partition coefficient (Wildman–Crippen LogP) is 1.09. The fourth-order valence-corrected chi connectivity index (χ4v) is 1.35. The second-order valence-electron chi connectivity index (χ2n) is 3.76. The first-order valence-corrected chi connectivity index (χ1v) is 5.36. The lowest BCUT2D eigenvalue weighted by Crippen LogP contribution is -2.38. The van der Waals surface area contributed by atoms with Crippen LogP contribution in [0.3, 0.4) is 0 Å². The molecule has 1 amide bonds. The predicted molar refractivity (Wildman–Crippen MR) is 63.6 cm³/mol. The largest absolute Gasteiger partial charge is 0.352 e. The van der Waals surface area contributed by atoms with Gasteiger partial charge in [0.1, 0.15) is 5.82 Å². The van der Waals surface area contributed by atoms with E-state index in [2.05, 4.69) is 15.3 Å². The van der Waals surface area contributed by atoms with Gasteiger partial charge in [0.25, 0.3) is 0 Å². The number of amides is 1. The van der Waals surface area contributed by atoms with Gasteiger partial charge in [-0.05, 0) is 31.5 Å². The number of carbonyl (C=O) groups excluding carboxylic acids is 1. The maximum absolute atomic E-state index is 11.5. The van der Waals surface area contributed by atoms with Crippen molar-refractivity contribution in [3.05, 3.63) is 17.5 Å². The summed E-state index contributed by atoms with van der Waals surface area (Å²) in [5, 5.41) is 2.98. The van der Waals surface area contributed by atoms with Crippen molar-refractivity contribution < 1.29 is 4.79 Å². The smallest absolute Gasteiger partial charge is 0.239 e. The van der Waals surface area contributed by atoms with Crippen molar-refractivity contribution in [3.8, 4) is 0 Å². The summed E-state index contributed by atoms with van der Waals surface area (Å²) < 4.78 is 0. The van der Waals surface area contributed by atoms with Crippen LogP contribution in [0, 0.1) is 0 Å². The van der Waals surface area contributed by atoms with Crippen LogP contribution in [0.4, 0.5) is 5.82 Å². The van der Waals surface area contributed by atoms with Gasteiger partial charge in [-0.3, -0.25) is 4.79 Å². The van der Waals surface area contributed by atoms with E-state index in [9.17, 15) is 4.79 Å². The zero-order chi connectivity index (χ0) is 12.1. The molecule has 0 aliphatic rings. The monoisotopic (exact) mass is 242 g/mol. The van der Waals surface area contributed by atoms with Crippen LogP contribution in [-0.4, -0.2) is 35.5 Å². The van der Waals surface area contributed by atoms with Crippen LogP contribution in [0.25, 0.3) is 0 Å². The van der Waals surface area contributed by atoms with Crippen LogP contribution < -0.4 is 10.2 Å². The average Bonchev–Trinajstić information content (AvgIpc) is 2.16. The molecule has 0 saturated carbocycles. The van der Waals surface area contributed by atoms with Gasteiger partial charge in [-0.2, -0.15) is 0 Å².